The van der Waals surface area contributed by atoms with Crippen LogP contribution >= 0.6 is 0 Å². The fourth-order valence-electron chi connectivity index (χ4n) is 3.20. The number of hydrogen-bond donors (Lipinski definition) is 2. The van der Waals surface area contributed by atoms with Crippen molar-refractivity contribution in [2.24, 2.45) is 17.8 Å². The van der Waals surface area contributed by atoms with Crippen molar-refractivity contribution in [3.05, 3.63) is 89.6 Å². The number of halogens is 1. The summed E-state index contributed by atoms with van der Waals surface area (Å²) in [6.45, 7) is 2.10. The topological polar surface area (TPSA) is 124 Å². The highest BCUT2D eigenvalue weighted by molar-refractivity contribution is 6.07. The van der Waals surface area contributed by atoms with Crippen molar-refractivity contribution in [3.63, 3.8) is 0 Å². The molecule has 0 aliphatic heterocycles. The SMILES string of the molecule is Cc1nccc(-c2cnn(C)c2C(=O)Nc2cc(C(N)=NCc3ccccc3)ncc2F)n1. The summed E-state index contributed by atoms with van der Waals surface area (Å²) >= 11 is 0. The Balaban J connectivity index is 1.59. The van der Waals surface area contributed by atoms with Crippen molar-refractivity contribution in [1.82, 2.24) is 24.7 Å². The van der Waals surface area contributed by atoms with Crippen LogP contribution in [0.4, 0.5) is 10.1 Å². The van der Waals surface area contributed by atoms with Gasteiger partial charge in [-0.15, -0.1) is 0 Å². The molecule has 0 fully saturated rings. The van der Waals surface area contributed by atoms with Gasteiger partial charge in [-0.2, -0.15) is 5.10 Å². The molecule has 33 heavy (non-hydrogen) atoms. The Kier molecular flexibility index (Phi) is 6.16. The Morgan fingerprint density at radius 1 is 1.18 bits per heavy atom. The lowest BCUT2D eigenvalue weighted by Gasteiger charge is -2.10. The molecule has 0 atom stereocenters. The largest absolute Gasteiger partial charge is 0.382 e. The van der Waals surface area contributed by atoms with Crippen molar-refractivity contribution >= 4 is 17.4 Å². The number of carbonyl (C=O) groups excluding carboxylic acids is 1. The number of pyridine rings is 1. The number of amidine groups is 1. The number of nitrogens with zero attached hydrogens (tertiary/aromatic N) is 6. The third kappa shape index (κ3) is 4.90. The van der Waals surface area contributed by atoms with Gasteiger partial charge in [-0.3, -0.25) is 14.5 Å². The molecule has 0 radical (unpaired) electrons. The van der Waals surface area contributed by atoms with Gasteiger partial charge in [0.05, 0.1) is 35.9 Å². The molecule has 0 unspecified atom stereocenters. The zero-order valence-electron chi connectivity index (χ0n) is 18.0. The number of aryl methyl sites for hydroxylation is 2. The van der Waals surface area contributed by atoms with Crippen molar-refractivity contribution in [1.29, 1.82) is 0 Å². The predicted molar refractivity (Wildman–Crippen MR) is 122 cm³/mol. The van der Waals surface area contributed by atoms with Gasteiger partial charge in [0.2, 0.25) is 0 Å². The van der Waals surface area contributed by atoms with Crippen LogP contribution in [0.5, 0.6) is 0 Å². The summed E-state index contributed by atoms with van der Waals surface area (Å²) in [4.78, 5) is 29.8. The normalized spacial score (nSPS) is 11.4. The average molecular weight is 444 g/mol. The van der Waals surface area contributed by atoms with Crippen molar-refractivity contribution in [2.75, 3.05) is 5.32 Å². The lowest BCUT2D eigenvalue weighted by atomic mass is 10.1. The van der Waals surface area contributed by atoms with Gasteiger partial charge in [0, 0.05) is 13.2 Å². The van der Waals surface area contributed by atoms with Gasteiger partial charge in [-0.1, -0.05) is 30.3 Å². The van der Waals surface area contributed by atoms with Crippen LogP contribution in [0, 0.1) is 12.7 Å². The van der Waals surface area contributed by atoms with Crippen molar-refractivity contribution in [3.8, 4) is 11.3 Å². The minimum Gasteiger partial charge on any atom is -0.382 e. The zero-order chi connectivity index (χ0) is 23.4. The maximum absolute atomic E-state index is 14.5. The van der Waals surface area contributed by atoms with Crippen molar-refractivity contribution in [2.45, 2.75) is 13.5 Å². The molecule has 0 aliphatic carbocycles. The lowest BCUT2D eigenvalue weighted by Crippen LogP contribution is -2.20. The van der Waals surface area contributed by atoms with Gasteiger partial charge in [0.15, 0.2) is 5.82 Å². The molecular weight excluding hydrogens is 423 g/mol. The molecular formula is C23H21FN8O. The Hall–Kier alpha value is -4.47. The average Bonchev–Trinajstić information content (AvgIpc) is 3.21. The molecule has 1 aromatic carbocycles. The summed E-state index contributed by atoms with van der Waals surface area (Å²) in [6, 6.07) is 12.6. The van der Waals surface area contributed by atoms with E-state index in [0.29, 0.717) is 23.6 Å². The van der Waals surface area contributed by atoms with Crippen LogP contribution in [-0.2, 0) is 13.6 Å². The molecule has 0 bridgehead atoms. The zero-order valence-corrected chi connectivity index (χ0v) is 18.0. The summed E-state index contributed by atoms with van der Waals surface area (Å²) in [5, 5.41) is 6.74. The number of aliphatic imine (C=N–C) groups is 1. The van der Waals surface area contributed by atoms with Crippen LogP contribution in [0.1, 0.15) is 27.6 Å². The number of amides is 1. The Morgan fingerprint density at radius 3 is 2.73 bits per heavy atom. The molecule has 0 spiro atoms. The van der Waals surface area contributed by atoms with Gasteiger partial charge in [-0.25, -0.2) is 19.3 Å². The molecule has 0 saturated carbocycles. The first kappa shape index (κ1) is 21.8. The minimum absolute atomic E-state index is 0.0751. The Morgan fingerprint density at radius 2 is 1.97 bits per heavy atom. The highest BCUT2D eigenvalue weighted by Gasteiger charge is 2.21. The van der Waals surface area contributed by atoms with Crippen LogP contribution in [0.15, 0.2) is 66.0 Å². The molecule has 0 saturated heterocycles. The van der Waals surface area contributed by atoms with Gasteiger partial charge in [0.1, 0.15) is 23.0 Å². The van der Waals surface area contributed by atoms with E-state index in [1.807, 2.05) is 30.3 Å². The standard InChI is InChI=1S/C23H21FN8O/c1-14-26-9-8-18(30-14)16-12-29-32(2)21(16)23(33)31-19-10-20(27-13-17(19)24)22(25)28-11-15-6-4-3-5-7-15/h3-10,12-13H,11H2,1-2H3,(H2,25,28)(H,27,31,33). The summed E-state index contributed by atoms with van der Waals surface area (Å²) in [5.41, 5.74) is 8.45. The Bertz CT molecular complexity index is 1330. The molecule has 1 amide bonds. The molecule has 9 nitrogen and oxygen atoms in total. The number of carbonyl (C=O) groups is 1. The second-order valence-electron chi connectivity index (χ2n) is 7.21. The first-order valence-electron chi connectivity index (χ1n) is 10.1. The van der Waals surface area contributed by atoms with Crippen LogP contribution in [0.25, 0.3) is 11.3 Å². The predicted octanol–water partition coefficient (Wildman–Crippen LogP) is 2.88. The molecule has 3 aromatic heterocycles. The van der Waals surface area contributed by atoms with E-state index < -0.39 is 11.7 Å². The molecule has 10 heteroatoms. The summed E-state index contributed by atoms with van der Waals surface area (Å²) in [7, 11) is 1.62. The fourth-order valence-corrected chi connectivity index (χ4v) is 3.20. The number of nitrogens with one attached hydrogen (secondary N) is 1. The monoisotopic (exact) mass is 444 g/mol. The summed E-state index contributed by atoms with van der Waals surface area (Å²) in [6.07, 6.45) is 4.12. The van der Waals surface area contributed by atoms with Crippen molar-refractivity contribution < 1.29 is 9.18 Å². The molecule has 4 rings (SSSR count). The molecule has 166 valence electrons. The highest BCUT2D eigenvalue weighted by atomic mass is 19.1. The first-order chi connectivity index (χ1) is 15.9. The first-order valence-corrected chi connectivity index (χ1v) is 10.1. The van der Waals surface area contributed by atoms with E-state index >= 15 is 0 Å². The fraction of sp³-hybridized carbons (Fsp3) is 0.130. The van der Waals surface area contributed by atoms with Gasteiger partial charge < -0.3 is 11.1 Å². The van der Waals surface area contributed by atoms with Crippen LogP contribution in [-0.4, -0.2) is 36.5 Å². The van der Waals surface area contributed by atoms with E-state index in [0.717, 1.165) is 11.8 Å². The maximum atomic E-state index is 14.5. The molecule has 0 aliphatic rings. The maximum Gasteiger partial charge on any atom is 0.274 e. The number of aromatic nitrogens is 5. The quantitative estimate of drug-likeness (QED) is 0.348. The molecule has 3 heterocycles. The van der Waals surface area contributed by atoms with E-state index in [-0.39, 0.29) is 22.9 Å². The van der Waals surface area contributed by atoms with Gasteiger partial charge in [0.25, 0.3) is 5.91 Å². The third-order valence-corrected chi connectivity index (χ3v) is 4.85. The van der Waals surface area contributed by atoms with E-state index in [1.165, 1.54) is 16.9 Å². The number of nitrogens with two attached hydrogens (primary N) is 1. The van der Waals surface area contributed by atoms with Gasteiger partial charge >= 0.3 is 0 Å². The molecule has 3 N–H and O–H groups in total. The summed E-state index contributed by atoms with van der Waals surface area (Å²) < 4.78 is 15.9. The number of anilines is 1. The highest BCUT2D eigenvalue weighted by Crippen LogP contribution is 2.23. The lowest BCUT2D eigenvalue weighted by molar-refractivity contribution is 0.101. The van der Waals surface area contributed by atoms with Crippen LogP contribution in [0.2, 0.25) is 0 Å². The van der Waals surface area contributed by atoms with E-state index in [2.05, 4.69) is 30.4 Å². The number of rotatable bonds is 6. The van der Waals surface area contributed by atoms with E-state index in [4.69, 9.17) is 5.73 Å². The van der Waals surface area contributed by atoms with Crippen LogP contribution < -0.4 is 11.1 Å². The van der Waals surface area contributed by atoms with Crippen LogP contribution in [0.3, 0.4) is 0 Å². The molecule has 4 aromatic rings. The second kappa shape index (κ2) is 9.35. The minimum atomic E-state index is -0.704. The van der Waals surface area contributed by atoms with Gasteiger partial charge in [-0.05, 0) is 24.6 Å². The number of benzene rings is 1. The smallest absolute Gasteiger partial charge is 0.274 e. The Labute approximate surface area is 189 Å². The number of hydrogen-bond acceptors (Lipinski definition) is 6. The van der Waals surface area contributed by atoms with E-state index in [9.17, 15) is 9.18 Å². The van der Waals surface area contributed by atoms with E-state index in [1.54, 1.807) is 26.2 Å². The second-order valence-corrected chi connectivity index (χ2v) is 7.21. The third-order valence-electron chi connectivity index (χ3n) is 4.85. The summed E-state index contributed by atoms with van der Waals surface area (Å²) in [5.74, 6) is -0.577.